The molecule has 0 radical (unpaired) electrons. The normalized spacial score (nSPS) is 10.3. The number of nitrogen functional groups attached to an aromatic ring is 1. The molecule has 0 bridgehead atoms. The quantitative estimate of drug-likeness (QED) is 0.629. The summed E-state index contributed by atoms with van der Waals surface area (Å²) >= 11 is 2.18. The molecule has 0 aliphatic carbocycles. The first-order chi connectivity index (χ1) is 8.99. The van der Waals surface area contributed by atoms with Gasteiger partial charge in [-0.2, -0.15) is 0 Å². The predicted octanol–water partition coefficient (Wildman–Crippen LogP) is 3.74. The minimum atomic E-state index is -0.140. The van der Waals surface area contributed by atoms with Gasteiger partial charge in [0.25, 0.3) is 5.91 Å². The van der Waals surface area contributed by atoms with Crippen molar-refractivity contribution < 1.29 is 4.79 Å². The van der Waals surface area contributed by atoms with Crippen molar-refractivity contribution in [3.8, 4) is 0 Å². The van der Waals surface area contributed by atoms with Crippen LogP contribution in [0.25, 0.3) is 0 Å². The van der Waals surface area contributed by atoms with Crippen LogP contribution in [-0.4, -0.2) is 5.91 Å². The van der Waals surface area contributed by atoms with E-state index in [0.29, 0.717) is 16.9 Å². The van der Waals surface area contributed by atoms with Crippen LogP contribution >= 0.6 is 22.6 Å². The van der Waals surface area contributed by atoms with Crippen molar-refractivity contribution >= 4 is 39.9 Å². The second-order valence-electron chi connectivity index (χ2n) is 4.44. The minimum Gasteiger partial charge on any atom is -0.397 e. The molecular formula is C15H15IN2O. The van der Waals surface area contributed by atoms with Gasteiger partial charge in [0.2, 0.25) is 0 Å². The van der Waals surface area contributed by atoms with Crippen LogP contribution in [-0.2, 0) is 0 Å². The molecule has 19 heavy (non-hydrogen) atoms. The third-order valence-electron chi connectivity index (χ3n) is 3.09. The lowest BCUT2D eigenvalue weighted by molar-refractivity contribution is 0.102. The number of aryl methyl sites for hydroxylation is 1. The molecule has 0 saturated carbocycles. The highest BCUT2D eigenvalue weighted by atomic mass is 127. The fraction of sp³-hybridized carbons (Fsp3) is 0.133. The smallest absolute Gasteiger partial charge is 0.255 e. The van der Waals surface area contributed by atoms with Crippen molar-refractivity contribution in [3.63, 3.8) is 0 Å². The van der Waals surface area contributed by atoms with Crippen LogP contribution in [0.2, 0.25) is 0 Å². The molecule has 0 atom stereocenters. The molecule has 0 aliphatic rings. The molecule has 0 heterocycles. The molecule has 1 amide bonds. The molecule has 98 valence electrons. The van der Waals surface area contributed by atoms with Crippen molar-refractivity contribution in [1.29, 1.82) is 0 Å². The van der Waals surface area contributed by atoms with Gasteiger partial charge in [-0.25, -0.2) is 0 Å². The zero-order valence-corrected chi connectivity index (χ0v) is 13.0. The van der Waals surface area contributed by atoms with E-state index in [1.54, 1.807) is 6.07 Å². The van der Waals surface area contributed by atoms with Crippen molar-refractivity contribution in [2.45, 2.75) is 13.8 Å². The molecule has 0 aromatic heterocycles. The Labute approximate surface area is 126 Å². The Kier molecular flexibility index (Phi) is 4.09. The van der Waals surface area contributed by atoms with E-state index in [2.05, 4.69) is 27.9 Å². The second-order valence-corrected chi connectivity index (χ2v) is 5.68. The molecule has 4 heteroatoms. The third-order valence-corrected chi connectivity index (χ3v) is 3.76. The van der Waals surface area contributed by atoms with E-state index in [1.165, 1.54) is 0 Å². The fourth-order valence-electron chi connectivity index (χ4n) is 1.82. The monoisotopic (exact) mass is 366 g/mol. The van der Waals surface area contributed by atoms with E-state index in [1.807, 2.05) is 44.2 Å². The summed E-state index contributed by atoms with van der Waals surface area (Å²) in [5.74, 6) is -0.140. The van der Waals surface area contributed by atoms with Gasteiger partial charge in [0, 0.05) is 9.13 Å². The number of nitrogens with two attached hydrogens (primary N) is 1. The molecule has 0 spiro atoms. The Morgan fingerprint density at radius 1 is 1.21 bits per heavy atom. The highest BCUT2D eigenvalue weighted by Crippen LogP contribution is 2.26. The fourth-order valence-corrected chi connectivity index (χ4v) is 2.36. The maximum absolute atomic E-state index is 12.2. The summed E-state index contributed by atoms with van der Waals surface area (Å²) in [5.41, 5.74) is 9.95. The van der Waals surface area contributed by atoms with Crippen LogP contribution in [0.4, 0.5) is 11.4 Å². The molecule has 2 rings (SSSR count). The Bertz CT molecular complexity index is 638. The summed E-state index contributed by atoms with van der Waals surface area (Å²) in [6.07, 6.45) is 0. The first-order valence-electron chi connectivity index (χ1n) is 5.91. The summed E-state index contributed by atoms with van der Waals surface area (Å²) < 4.78 is 1.03. The third kappa shape index (κ3) is 3.07. The van der Waals surface area contributed by atoms with Gasteiger partial charge >= 0.3 is 0 Å². The van der Waals surface area contributed by atoms with Crippen LogP contribution < -0.4 is 11.1 Å². The molecule has 2 aromatic rings. The minimum absolute atomic E-state index is 0.140. The zero-order valence-electron chi connectivity index (χ0n) is 10.8. The maximum Gasteiger partial charge on any atom is 0.255 e. The Balaban J connectivity index is 2.32. The van der Waals surface area contributed by atoms with Gasteiger partial charge in [-0.1, -0.05) is 12.1 Å². The van der Waals surface area contributed by atoms with Gasteiger partial charge in [-0.15, -0.1) is 0 Å². The largest absolute Gasteiger partial charge is 0.397 e. The highest BCUT2D eigenvalue weighted by molar-refractivity contribution is 14.1. The van der Waals surface area contributed by atoms with E-state index in [4.69, 9.17) is 5.73 Å². The lowest BCUT2D eigenvalue weighted by Crippen LogP contribution is -2.14. The van der Waals surface area contributed by atoms with Crippen LogP contribution in [0.15, 0.2) is 36.4 Å². The number of anilines is 2. The van der Waals surface area contributed by atoms with Gasteiger partial charge in [-0.3, -0.25) is 4.79 Å². The molecule has 0 aliphatic heterocycles. The lowest BCUT2D eigenvalue weighted by Gasteiger charge is -2.13. The van der Waals surface area contributed by atoms with Crippen LogP contribution in [0, 0.1) is 17.4 Å². The SMILES string of the molecule is Cc1ccc(N)c(NC(=O)c2cccc(I)c2)c1C. The van der Waals surface area contributed by atoms with E-state index in [9.17, 15) is 4.79 Å². The van der Waals surface area contributed by atoms with Gasteiger partial charge in [0.15, 0.2) is 0 Å². The molecule has 2 aromatic carbocycles. The number of halogens is 1. The zero-order chi connectivity index (χ0) is 14.0. The van der Waals surface area contributed by atoms with E-state index < -0.39 is 0 Å². The average molecular weight is 366 g/mol. The van der Waals surface area contributed by atoms with Gasteiger partial charge in [0.05, 0.1) is 11.4 Å². The molecule has 0 unspecified atom stereocenters. The number of rotatable bonds is 2. The van der Waals surface area contributed by atoms with E-state index in [0.717, 1.165) is 14.7 Å². The molecule has 0 fully saturated rings. The Morgan fingerprint density at radius 3 is 2.63 bits per heavy atom. The Hall–Kier alpha value is -1.56. The number of carbonyl (C=O) groups excluding carboxylic acids is 1. The lowest BCUT2D eigenvalue weighted by atomic mass is 10.1. The number of amides is 1. The highest BCUT2D eigenvalue weighted by Gasteiger charge is 2.11. The summed E-state index contributed by atoms with van der Waals surface area (Å²) in [7, 11) is 0. The van der Waals surface area contributed by atoms with Gasteiger partial charge in [0.1, 0.15) is 0 Å². The molecular weight excluding hydrogens is 351 g/mol. The second kappa shape index (κ2) is 5.61. The van der Waals surface area contributed by atoms with Gasteiger partial charge in [-0.05, 0) is 71.8 Å². The number of nitrogens with one attached hydrogen (secondary N) is 1. The summed E-state index contributed by atoms with van der Waals surface area (Å²) in [4.78, 5) is 12.2. The van der Waals surface area contributed by atoms with Gasteiger partial charge < -0.3 is 11.1 Å². The first-order valence-corrected chi connectivity index (χ1v) is 6.99. The number of hydrogen-bond acceptors (Lipinski definition) is 2. The summed E-state index contributed by atoms with van der Waals surface area (Å²) in [6.45, 7) is 3.95. The average Bonchev–Trinajstić information content (AvgIpc) is 2.39. The number of carbonyl (C=O) groups is 1. The topological polar surface area (TPSA) is 55.1 Å². The summed E-state index contributed by atoms with van der Waals surface area (Å²) in [6, 6.07) is 11.2. The molecule has 3 nitrogen and oxygen atoms in total. The van der Waals surface area contributed by atoms with Crippen LogP contribution in [0.5, 0.6) is 0 Å². The van der Waals surface area contributed by atoms with Crippen LogP contribution in [0.1, 0.15) is 21.5 Å². The van der Waals surface area contributed by atoms with Crippen molar-refractivity contribution in [3.05, 3.63) is 56.7 Å². The molecule has 0 saturated heterocycles. The van der Waals surface area contributed by atoms with Crippen molar-refractivity contribution in [1.82, 2.24) is 0 Å². The van der Waals surface area contributed by atoms with E-state index >= 15 is 0 Å². The first kappa shape index (κ1) is 13.9. The van der Waals surface area contributed by atoms with Crippen molar-refractivity contribution in [2.24, 2.45) is 0 Å². The number of benzene rings is 2. The summed E-state index contributed by atoms with van der Waals surface area (Å²) in [5, 5.41) is 2.90. The molecule has 3 N–H and O–H groups in total. The number of hydrogen-bond donors (Lipinski definition) is 2. The predicted molar refractivity (Wildman–Crippen MR) is 87.4 cm³/mol. The maximum atomic E-state index is 12.2. The standard InChI is InChI=1S/C15H15IN2O/c1-9-6-7-13(17)14(10(9)2)18-15(19)11-4-3-5-12(16)8-11/h3-8H,17H2,1-2H3,(H,18,19). The van der Waals surface area contributed by atoms with Crippen LogP contribution in [0.3, 0.4) is 0 Å². The van der Waals surface area contributed by atoms with E-state index in [-0.39, 0.29) is 5.91 Å². The van der Waals surface area contributed by atoms with Crippen molar-refractivity contribution in [2.75, 3.05) is 11.1 Å². The Morgan fingerprint density at radius 2 is 1.95 bits per heavy atom.